The van der Waals surface area contributed by atoms with E-state index in [2.05, 4.69) is 21.2 Å². The number of hydrogen-bond acceptors (Lipinski definition) is 3. The summed E-state index contributed by atoms with van der Waals surface area (Å²) < 4.78 is 6.16. The fourth-order valence-corrected chi connectivity index (χ4v) is 1.49. The van der Waals surface area contributed by atoms with Gasteiger partial charge in [0.2, 0.25) is 0 Å². The largest absolute Gasteiger partial charge is 0.461 e. The molecule has 1 N–H and O–H groups in total. The van der Waals surface area contributed by atoms with Gasteiger partial charge >= 0.3 is 5.97 Å². The number of carbonyl (C=O) groups is 1. The van der Waals surface area contributed by atoms with E-state index in [9.17, 15) is 4.79 Å². The van der Waals surface area contributed by atoms with Gasteiger partial charge in [-0.25, -0.2) is 0 Å². The summed E-state index contributed by atoms with van der Waals surface area (Å²) in [6, 6.07) is 7.74. The zero-order valence-corrected chi connectivity index (χ0v) is 10.9. The predicted octanol–water partition coefficient (Wildman–Crippen LogP) is 2.49. The van der Waals surface area contributed by atoms with Crippen LogP contribution in [0.25, 0.3) is 0 Å². The minimum atomic E-state index is -0.141. The Morgan fingerprint density at radius 3 is 2.69 bits per heavy atom. The molecule has 0 aliphatic heterocycles. The second-order valence-corrected chi connectivity index (χ2v) is 4.41. The standard InChI is InChI=1S/C12H16BrNO2/c1-14-8-2-3-12(15)16-9-10-4-6-11(13)7-5-10/h4-7,14H,2-3,8-9H2,1H3. The number of nitrogens with one attached hydrogen (secondary N) is 1. The summed E-state index contributed by atoms with van der Waals surface area (Å²) in [6.07, 6.45) is 1.28. The van der Waals surface area contributed by atoms with E-state index in [1.807, 2.05) is 31.3 Å². The van der Waals surface area contributed by atoms with Crippen molar-refractivity contribution in [1.82, 2.24) is 5.32 Å². The zero-order chi connectivity index (χ0) is 11.8. The van der Waals surface area contributed by atoms with Gasteiger partial charge in [-0.05, 0) is 37.7 Å². The fourth-order valence-electron chi connectivity index (χ4n) is 1.23. The number of benzene rings is 1. The van der Waals surface area contributed by atoms with Gasteiger partial charge in [-0.2, -0.15) is 0 Å². The van der Waals surface area contributed by atoms with Gasteiger partial charge in [0.05, 0.1) is 0 Å². The molecule has 0 fully saturated rings. The predicted molar refractivity (Wildman–Crippen MR) is 67.1 cm³/mol. The van der Waals surface area contributed by atoms with Crippen LogP contribution in [0, 0.1) is 0 Å². The quantitative estimate of drug-likeness (QED) is 0.645. The first-order chi connectivity index (χ1) is 7.72. The van der Waals surface area contributed by atoms with Crippen molar-refractivity contribution in [2.24, 2.45) is 0 Å². The maximum atomic E-state index is 11.3. The Balaban J connectivity index is 2.23. The van der Waals surface area contributed by atoms with Gasteiger partial charge in [0, 0.05) is 10.9 Å². The van der Waals surface area contributed by atoms with Gasteiger partial charge < -0.3 is 10.1 Å². The van der Waals surface area contributed by atoms with Crippen molar-refractivity contribution in [3.05, 3.63) is 34.3 Å². The van der Waals surface area contributed by atoms with Crippen LogP contribution in [-0.4, -0.2) is 19.6 Å². The Hall–Kier alpha value is -0.870. The fraction of sp³-hybridized carbons (Fsp3) is 0.417. The maximum Gasteiger partial charge on any atom is 0.306 e. The van der Waals surface area contributed by atoms with E-state index < -0.39 is 0 Å². The number of rotatable bonds is 6. The van der Waals surface area contributed by atoms with Crippen molar-refractivity contribution in [2.45, 2.75) is 19.4 Å². The SMILES string of the molecule is CNCCCC(=O)OCc1ccc(Br)cc1. The third-order valence-electron chi connectivity index (χ3n) is 2.12. The molecule has 0 bridgehead atoms. The van der Waals surface area contributed by atoms with Gasteiger partial charge in [0.25, 0.3) is 0 Å². The molecule has 0 aromatic heterocycles. The minimum absolute atomic E-state index is 0.141. The van der Waals surface area contributed by atoms with Crippen LogP contribution in [0.3, 0.4) is 0 Å². The lowest BCUT2D eigenvalue weighted by molar-refractivity contribution is -0.145. The van der Waals surface area contributed by atoms with Crippen LogP contribution in [0.15, 0.2) is 28.7 Å². The molecule has 0 spiro atoms. The van der Waals surface area contributed by atoms with Crippen molar-refractivity contribution < 1.29 is 9.53 Å². The highest BCUT2D eigenvalue weighted by atomic mass is 79.9. The first-order valence-corrected chi connectivity index (χ1v) is 6.06. The smallest absolute Gasteiger partial charge is 0.306 e. The summed E-state index contributed by atoms with van der Waals surface area (Å²) in [6.45, 7) is 1.19. The number of ether oxygens (including phenoxy) is 1. The second-order valence-electron chi connectivity index (χ2n) is 3.49. The molecule has 0 unspecified atom stereocenters. The summed E-state index contributed by atoms with van der Waals surface area (Å²) in [5.41, 5.74) is 1.00. The van der Waals surface area contributed by atoms with Crippen molar-refractivity contribution in [3.8, 4) is 0 Å². The monoisotopic (exact) mass is 285 g/mol. The van der Waals surface area contributed by atoms with E-state index in [1.165, 1.54) is 0 Å². The van der Waals surface area contributed by atoms with E-state index >= 15 is 0 Å². The molecular formula is C12H16BrNO2. The molecule has 1 rings (SSSR count). The Morgan fingerprint density at radius 2 is 2.06 bits per heavy atom. The van der Waals surface area contributed by atoms with Gasteiger partial charge in [-0.15, -0.1) is 0 Å². The van der Waals surface area contributed by atoms with E-state index in [-0.39, 0.29) is 5.97 Å². The normalized spacial score (nSPS) is 10.1. The molecule has 0 radical (unpaired) electrons. The Bertz CT molecular complexity index is 324. The lowest BCUT2D eigenvalue weighted by Crippen LogP contribution is -2.11. The van der Waals surface area contributed by atoms with Crippen molar-refractivity contribution >= 4 is 21.9 Å². The molecule has 0 heterocycles. The molecular weight excluding hydrogens is 270 g/mol. The van der Waals surface area contributed by atoms with E-state index in [4.69, 9.17) is 4.74 Å². The molecule has 0 aliphatic rings. The lowest BCUT2D eigenvalue weighted by atomic mass is 10.2. The molecule has 1 aromatic rings. The summed E-state index contributed by atoms with van der Waals surface area (Å²) in [5, 5.41) is 2.99. The van der Waals surface area contributed by atoms with Crippen molar-refractivity contribution in [2.75, 3.05) is 13.6 Å². The summed E-state index contributed by atoms with van der Waals surface area (Å²) in [4.78, 5) is 11.3. The van der Waals surface area contributed by atoms with Crippen LogP contribution in [0.1, 0.15) is 18.4 Å². The van der Waals surface area contributed by atoms with E-state index in [1.54, 1.807) is 0 Å². The van der Waals surface area contributed by atoms with Crippen LogP contribution in [-0.2, 0) is 16.1 Å². The lowest BCUT2D eigenvalue weighted by Gasteiger charge is -2.04. The number of esters is 1. The molecule has 0 saturated carbocycles. The summed E-state index contributed by atoms with van der Waals surface area (Å²) in [5.74, 6) is -0.141. The van der Waals surface area contributed by atoms with E-state index in [0.717, 1.165) is 23.0 Å². The Kier molecular flexibility index (Phi) is 6.11. The average Bonchev–Trinajstić information content (AvgIpc) is 2.29. The van der Waals surface area contributed by atoms with Gasteiger partial charge in [0.15, 0.2) is 0 Å². The summed E-state index contributed by atoms with van der Waals surface area (Å²) >= 11 is 3.35. The molecule has 4 heteroatoms. The molecule has 0 saturated heterocycles. The molecule has 0 amide bonds. The molecule has 0 atom stereocenters. The van der Waals surface area contributed by atoms with Crippen LogP contribution in [0.2, 0.25) is 0 Å². The van der Waals surface area contributed by atoms with Crippen LogP contribution >= 0.6 is 15.9 Å². The van der Waals surface area contributed by atoms with Crippen LogP contribution in [0.4, 0.5) is 0 Å². The highest BCUT2D eigenvalue weighted by molar-refractivity contribution is 9.10. The first kappa shape index (κ1) is 13.2. The van der Waals surface area contributed by atoms with Crippen molar-refractivity contribution in [1.29, 1.82) is 0 Å². The van der Waals surface area contributed by atoms with E-state index in [0.29, 0.717) is 13.0 Å². The Labute approximate surface area is 104 Å². The second kappa shape index (κ2) is 7.41. The topological polar surface area (TPSA) is 38.3 Å². The third kappa shape index (κ3) is 5.28. The van der Waals surface area contributed by atoms with Gasteiger partial charge in [-0.1, -0.05) is 28.1 Å². The van der Waals surface area contributed by atoms with Gasteiger partial charge in [-0.3, -0.25) is 4.79 Å². The maximum absolute atomic E-state index is 11.3. The number of hydrogen-bond donors (Lipinski definition) is 1. The average molecular weight is 286 g/mol. The van der Waals surface area contributed by atoms with Gasteiger partial charge in [0.1, 0.15) is 6.61 Å². The first-order valence-electron chi connectivity index (χ1n) is 5.27. The molecule has 3 nitrogen and oxygen atoms in total. The summed E-state index contributed by atoms with van der Waals surface area (Å²) in [7, 11) is 1.87. The van der Waals surface area contributed by atoms with Crippen molar-refractivity contribution in [3.63, 3.8) is 0 Å². The zero-order valence-electron chi connectivity index (χ0n) is 9.33. The minimum Gasteiger partial charge on any atom is -0.461 e. The van der Waals surface area contributed by atoms with Crippen LogP contribution in [0.5, 0.6) is 0 Å². The Morgan fingerprint density at radius 1 is 1.38 bits per heavy atom. The third-order valence-corrected chi connectivity index (χ3v) is 2.65. The number of carbonyl (C=O) groups excluding carboxylic acids is 1. The molecule has 16 heavy (non-hydrogen) atoms. The molecule has 1 aromatic carbocycles. The van der Waals surface area contributed by atoms with Crippen LogP contribution < -0.4 is 5.32 Å². The highest BCUT2D eigenvalue weighted by Gasteiger charge is 2.02. The number of halogens is 1. The highest BCUT2D eigenvalue weighted by Crippen LogP contribution is 2.11. The molecule has 0 aliphatic carbocycles. The molecule has 88 valence electrons.